The van der Waals surface area contributed by atoms with Gasteiger partial charge in [0.2, 0.25) is 11.9 Å². The van der Waals surface area contributed by atoms with Gasteiger partial charge in [-0.1, -0.05) is 25.1 Å². The molecule has 0 bridgehead atoms. The zero-order valence-corrected chi connectivity index (χ0v) is 21.4. The number of benzene rings is 1. The van der Waals surface area contributed by atoms with Crippen LogP contribution in [0.25, 0.3) is 10.9 Å². The SMILES string of the molecule is CCC(CCN(C)c1nc2c(c(N[C@H]3CCC(=O)N(C)C3)n1)S(=O)CC2)c1[nH]nc2ccccc12. The van der Waals surface area contributed by atoms with Crippen molar-refractivity contribution in [3.8, 4) is 0 Å². The first-order chi connectivity index (χ1) is 16.9. The highest BCUT2D eigenvalue weighted by Gasteiger charge is 2.30. The summed E-state index contributed by atoms with van der Waals surface area (Å²) in [7, 11) is 2.75. The first-order valence-corrected chi connectivity index (χ1v) is 13.7. The molecule has 2 aromatic heterocycles. The second-order valence-electron chi connectivity index (χ2n) is 9.57. The second-order valence-corrected chi connectivity index (χ2v) is 11.1. The van der Waals surface area contributed by atoms with E-state index >= 15 is 0 Å². The predicted molar refractivity (Wildman–Crippen MR) is 138 cm³/mol. The van der Waals surface area contributed by atoms with Crippen LogP contribution in [-0.2, 0) is 22.0 Å². The Hall–Kier alpha value is -3.01. The molecule has 3 atom stereocenters. The maximum absolute atomic E-state index is 12.7. The number of nitrogens with zero attached hydrogens (tertiary/aromatic N) is 5. The molecule has 0 radical (unpaired) electrons. The van der Waals surface area contributed by atoms with Crippen molar-refractivity contribution < 1.29 is 9.00 Å². The van der Waals surface area contributed by atoms with Crippen molar-refractivity contribution >= 4 is 39.4 Å². The van der Waals surface area contributed by atoms with Crippen LogP contribution in [0.4, 0.5) is 11.8 Å². The van der Waals surface area contributed by atoms with Gasteiger partial charge in [-0.15, -0.1) is 0 Å². The van der Waals surface area contributed by atoms with Crippen LogP contribution in [0.2, 0.25) is 0 Å². The summed E-state index contributed by atoms with van der Waals surface area (Å²) in [5, 5.41) is 12.4. The van der Waals surface area contributed by atoms with E-state index in [0.29, 0.717) is 42.8 Å². The summed E-state index contributed by atoms with van der Waals surface area (Å²) in [6.45, 7) is 3.61. The molecular weight excluding hydrogens is 462 g/mol. The molecule has 0 aliphatic carbocycles. The third-order valence-electron chi connectivity index (χ3n) is 7.19. The highest BCUT2D eigenvalue weighted by Crippen LogP contribution is 2.32. The van der Waals surface area contributed by atoms with Gasteiger partial charge < -0.3 is 15.1 Å². The number of H-pyrrole nitrogens is 1. The fourth-order valence-corrected chi connectivity index (χ4v) is 6.38. The number of piperidine rings is 1. The van der Waals surface area contributed by atoms with E-state index < -0.39 is 10.8 Å². The maximum atomic E-state index is 12.7. The molecule has 2 unspecified atom stereocenters. The van der Waals surface area contributed by atoms with Crippen LogP contribution in [0.15, 0.2) is 29.2 Å². The lowest BCUT2D eigenvalue weighted by Gasteiger charge is -2.31. The zero-order chi connectivity index (χ0) is 24.5. The molecule has 186 valence electrons. The molecule has 0 spiro atoms. The molecule has 5 rings (SSSR count). The van der Waals surface area contributed by atoms with Gasteiger partial charge in [-0.25, -0.2) is 4.98 Å². The normalized spacial score (nSPS) is 20.8. The van der Waals surface area contributed by atoms with Gasteiger partial charge in [0.25, 0.3) is 0 Å². The topological polar surface area (TPSA) is 107 Å². The molecule has 2 aliphatic rings. The Morgan fingerprint density at radius 1 is 1.29 bits per heavy atom. The van der Waals surface area contributed by atoms with Gasteiger partial charge in [0.15, 0.2) is 0 Å². The van der Waals surface area contributed by atoms with Crippen molar-refractivity contribution in [2.75, 3.05) is 43.2 Å². The highest BCUT2D eigenvalue weighted by atomic mass is 32.2. The van der Waals surface area contributed by atoms with E-state index in [0.717, 1.165) is 41.9 Å². The van der Waals surface area contributed by atoms with Gasteiger partial charge in [0.05, 0.1) is 22.0 Å². The van der Waals surface area contributed by atoms with Crippen molar-refractivity contribution in [3.05, 3.63) is 35.7 Å². The van der Waals surface area contributed by atoms with Crippen LogP contribution in [0.1, 0.15) is 49.9 Å². The molecule has 1 saturated heterocycles. The predicted octanol–water partition coefficient (Wildman–Crippen LogP) is 3.07. The van der Waals surface area contributed by atoms with Gasteiger partial charge in [-0.3, -0.25) is 14.1 Å². The lowest BCUT2D eigenvalue weighted by molar-refractivity contribution is -0.132. The number of likely N-dealkylation sites (tertiary alicyclic amines) is 1. The van der Waals surface area contributed by atoms with Gasteiger partial charge in [0, 0.05) is 68.8 Å². The van der Waals surface area contributed by atoms with E-state index in [1.54, 1.807) is 4.90 Å². The third kappa shape index (κ3) is 4.76. The standard InChI is InChI=1S/C25H33N7O2S/c1-4-16(22-18-7-5-6-8-19(18)29-30-22)11-13-31(2)25-27-20-12-14-35(34)23(20)24(28-25)26-17-9-10-21(33)32(3)15-17/h5-8,16-17H,4,9-15H2,1-3H3,(H,29,30)(H,26,27,28)/t16?,17-,35?/m0/s1. The largest absolute Gasteiger partial charge is 0.364 e. The Bertz CT molecular complexity index is 1260. The average molecular weight is 496 g/mol. The second kappa shape index (κ2) is 9.93. The van der Waals surface area contributed by atoms with E-state index in [9.17, 15) is 9.00 Å². The first kappa shape index (κ1) is 23.7. The summed E-state index contributed by atoms with van der Waals surface area (Å²) in [5.41, 5.74) is 3.05. The number of rotatable bonds is 8. The Morgan fingerprint density at radius 2 is 2.11 bits per heavy atom. The number of hydrogen-bond donors (Lipinski definition) is 2. The molecule has 1 amide bonds. The zero-order valence-electron chi connectivity index (χ0n) is 20.6. The smallest absolute Gasteiger partial charge is 0.227 e. The average Bonchev–Trinajstić information content (AvgIpc) is 3.46. The Kier molecular flexibility index (Phi) is 6.73. The Morgan fingerprint density at radius 3 is 2.91 bits per heavy atom. The van der Waals surface area contributed by atoms with Crippen LogP contribution < -0.4 is 10.2 Å². The summed E-state index contributed by atoms with van der Waals surface area (Å²) < 4.78 is 12.7. The third-order valence-corrected chi connectivity index (χ3v) is 8.65. The molecular formula is C25H33N7O2S. The number of anilines is 2. The molecule has 10 heteroatoms. The van der Waals surface area contributed by atoms with Gasteiger partial charge in [0.1, 0.15) is 10.7 Å². The minimum atomic E-state index is -1.09. The first-order valence-electron chi connectivity index (χ1n) is 12.4. The number of hydrogen-bond acceptors (Lipinski definition) is 7. The van der Waals surface area contributed by atoms with Crippen molar-refractivity contribution in [1.82, 2.24) is 25.1 Å². The number of aryl methyl sites for hydroxylation is 1. The molecule has 1 fully saturated rings. The van der Waals surface area contributed by atoms with Gasteiger partial charge in [-0.05, 0) is 25.3 Å². The van der Waals surface area contributed by atoms with Crippen LogP contribution in [-0.4, -0.2) is 74.2 Å². The quantitative estimate of drug-likeness (QED) is 0.495. The Labute approximate surface area is 208 Å². The minimum Gasteiger partial charge on any atom is -0.364 e. The van der Waals surface area contributed by atoms with Crippen molar-refractivity contribution in [2.24, 2.45) is 0 Å². The van der Waals surface area contributed by atoms with E-state index in [1.807, 2.05) is 26.2 Å². The minimum absolute atomic E-state index is 0.0885. The summed E-state index contributed by atoms with van der Waals surface area (Å²) in [6.07, 6.45) is 3.89. The number of nitrogens with one attached hydrogen (secondary N) is 2. The summed E-state index contributed by atoms with van der Waals surface area (Å²) in [5.74, 6) is 2.40. The van der Waals surface area contributed by atoms with Crippen LogP contribution in [0.5, 0.6) is 0 Å². The maximum Gasteiger partial charge on any atom is 0.227 e. The van der Waals surface area contributed by atoms with Crippen molar-refractivity contribution in [1.29, 1.82) is 0 Å². The summed E-state index contributed by atoms with van der Waals surface area (Å²) in [4.78, 5) is 26.1. The van der Waals surface area contributed by atoms with Crippen LogP contribution >= 0.6 is 0 Å². The molecule has 1 aromatic carbocycles. The molecule has 4 heterocycles. The van der Waals surface area contributed by atoms with Crippen LogP contribution in [0.3, 0.4) is 0 Å². The molecule has 9 nitrogen and oxygen atoms in total. The molecule has 35 heavy (non-hydrogen) atoms. The fourth-order valence-electron chi connectivity index (χ4n) is 5.07. The molecule has 2 N–H and O–H groups in total. The number of aromatic nitrogens is 4. The van der Waals surface area contributed by atoms with Gasteiger partial charge >= 0.3 is 0 Å². The van der Waals surface area contributed by atoms with E-state index in [4.69, 9.17) is 9.97 Å². The highest BCUT2D eigenvalue weighted by molar-refractivity contribution is 7.85. The monoisotopic (exact) mass is 495 g/mol. The van der Waals surface area contributed by atoms with Crippen molar-refractivity contribution in [3.63, 3.8) is 0 Å². The van der Waals surface area contributed by atoms with E-state index in [1.165, 1.54) is 11.1 Å². The van der Waals surface area contributed by atoms with Crippen LogP contribution in [0, 0.1) is 0 Å². The summed E-state index contributed by atoms with van der Waals surface area (Å²) in [6, 6.07) is 8.31. The Balaban J connectivity index is 1.34. The van der Waals surface area contributed by atoms with Gasteiger partial charge in [-0.2, -0.15) is 10.1 Å². The number of likely N-dealkylation sites (N-methyl/N-ethyl adjacent to an activating group) is 1. The molecule has 3 aromatic rings. The lowest BCUT2D eigenvalue weighted by atomic mass is 9.95. The number of para-hydroxylation sites is 1. The number of aromatic amines is 1. The molecule has 0 saturated carbocycles. The van der Waals surface area contributed by atoms with Crippen molar-refractivity contribution in [2.45, 2.75) is 55.9 Å². The number of fused-ring (bicyclic) bond motifs is 2. The lowest BCUT2D eigenvalue weighted by Crippen LogP contribution is -2.43. The number of carbonyl (C=O) groups excluding carboxylic acids is 1. The van der Waals surface area contributed by atoms with E-state index in [2.05, 4.69) is 39.5 Å². The fraction of sp³-hybridized carbons (Fsp3) is 0.520. The summed E-state index contributed by atoms with van der Waals surface area (Å²) >= 11 is 0. The number of amides is 1. The molecule has 2 aliphatic heterocycles. The number of carbonyl (C=O) groups is 1. The van der Waals surface area contributed by atoms with E-state index in [-0.39, 0.29) is 11.9 Å².